The van der Waals surface area contributed by atoms with Crippen molar-refractivity contribution in [2.24, 2.45) is 29.6 Å². The van der Waals surface area contributed by atoms with Crippen LogP contribution in [0.3, 0.4) is 0 Å². The van der Waals surface area contributed by atoms with Gasteiger partial charge >= 0.3 is 0 Å². The molecule has 108 valence electrons. The number of hydrogen-bond donors (Lipinski definition) is 0. The predicted octanol–water partition coefficient (Wildman–Crippen LogP) is 1.07. The monoisotopic (exact) mass is 263 g/mol. The van der Waals surface area contributed by atoms with Crippen molar-refractivity contribution in [1.82, 2.24) is 14.7 Å². The van der Waals surface area contributed by atoms with E-state index in [0.717, 1.165) is 29.6 Å². The average Bonchev–Trinajstić information content (AvgIpc) is 2.97. The first-order valence-electron chi connectivity index (χ1n) is 8.27. The van der Waals surface area contributed by atoms with Crippen LogP contribution in [0.1, 0.15) is 12.8 Å². The predicted molar refractivity (Wildman–Crippen MR) is 78.1 cm³/mol. The SMILES string of the molecule is CN1CC2CN(C[C@@H]3C[C@@H]4CN(C)C[C@@H]4C3)CC2C1. The van der Waals surface area contributed by atoms with Crippen molar-refractivity contribution in [1.29, 1.82) is 0 Å². The van der Waals surface area contributed by atoms with Gasteiger partial charge in [-0.1, -0.05) is 0 Å². The molecular weight excluding hydrogens is 234 g/mol. The van der Waals surface area contributed by atoms with Crippen molar-refractivity contribution in [2.45, 2.75) is 12.8 Å². The Balaban J connectivity index is 1.28. The van der Waals surface area contributed by atoms with Crippen LogP contribution >= 0.6 is 0 Å². The second-order valence-corrected chi connectivity index (χ2v) is 8.04. The van der Waals surface area contributed by atoms with Crippen LogP contribution in [0, 0.1) is 29.6 Å². The minimum Gasteiger partial charge on any atom is -0.306 e. The summed E-state index contributed by atoms with van der Waals surface area (Å²) in [6, 6.07) is 0. The zero-order valence-corrected chi connectivity index (χ0v) is 12.6. The highest BCUT2D eigenvalue weighted by Crippen LogP contribution is 2.42. The van der Waals surface area contributed by atoms with Crippen LogP contribution in [0.15, 0.2) is 0 Å². The van der Waals surface area contributed by atoms with Gasteiger partial charge < -0.3 is 14.7 Å². The summed E-state index contributed by atoms with van der Waals surface area (Å²) in [6.07, 6.45) is 3.03. The van der Waals surface area contributed by atoms with Crippen LogP contribution < -0.4 is 0 Å². The third kappa shape index (κ3) is 2.34. The van der Waals surface area contributed by atoms with Gasteiger partial charge in [0.15, 0.2) is 0 Å². The Kier molecular flexibility index (Phi) is 3.13. The van der Waals surface area contributed by atoms with Gasteiger partial charge in [-0.15, -0.1) is 0 Å². The lowest BCUT2D eigenvalue weighted by Crippen LogP contribution is -2.31. The molecule has 4 fully saturated rings. The second-order valence-electron chi connectivity index (χ2n) is 8.04. The molecule has 0 aromatic rings. The van der Waals surface area contributed by atoms with Crippen LogP contribution in [0.5, 0.6) is 0 Å². The Bertz CT molecular complexity index is 285. The van der Waals surface area contributed by atoms with Gasteiger partial charge in [0, 0.05) is 45.8 Å². The Hall–Kier alpha value is -0.120. The summed E-state index contributed by atoms with van der Waals surface area (Å²) < 4.78 is 0. The molecule has 0 aromatic carbocycles. The molecule has 0 bridgehead atoms. The normalized spacial score (nSPS) is 48.0. The first-order chi connectivity index (χ1) is 9.17. The van der Waals surface area contributed by atoms with Gasteiger partial charge in [-0.25, -0.2) is 0 Å². The van der Waals surface area contributed by atoms with Crippen molar-refractivity contribution in [3.63, 3.8) is 0 Å². The molecule has 0 spiro atoms. The maximum atomic E-state index is 2.80. The van der Waals surface area contributed by atoms with E-state index in [1.165, 1.54) is 58.7 Å². The molecule has 19 heavy (non-hydrogen) atoms. The van der Waals surface area contributed by atoms with Crippen LogP contribution in [0.4, 0.5) is 0 Å². The van der Waals surface area contributed by atoms with Gasteiger partial charge in [-0.3, -0.25) is 0 Å². The molecular formula is C16H29N3. The summed E-state index contributed by atoms with van der Waals surface area (Å²) >= 11 is 0. The molecule has 0 aromatic heterocycles. The summed E-state index contributed by atoms with van der Waals surface area (Å²) in [7, 11) is 4.59. The molecule has 5 atom stereocenters. The number of rotatable bonds is 2. The van der Waals surface area contributed by atoms with E-state index in [1.54, 1.807) is 0 Å². The van der Waals surface area contributed by atoms with Crippen LogP contribution in [0.25, 0.3) is 0 Å². The van der Waals surface area contributed by atoms with Gasteiger partial charge in [0.25, 0.3) is 0 Å². The van der Waals surface area contributed by atoms with Gasteiger partial charge in [0.1, 0.15) is 0 Å². The molecule has 0 radical (unpaired) electrons. The maximum absolute atomic E-state index is 2.80. The van der Waals surface area contributed by atoms with E-state index in [0.29, 0.717) is 0 Å². The smallest absolute Gasteiger partial charge is 0.00258 e. The molecule has 3 nitrogen and oxygen atoms in total. The third-order valence-corrected chi connectivity index (χ3v) is 6.29. The molecule has 2 unspecified atom stereocenters. The van der Waals surface area contributed by atoms with E-state index in [1.807, 2.05) is 0 Å². The Labute approximate surface area is 117 Å². The standard InChI is InChI=1S/C16H29N3/c1-17-6-13-3-12(4-14(13)7-17)5-19-10-15-8-18(2)9-16(15)11-19/h12-16H,3-11H2,1-2H3/t12-,13-,14+,15?,16?. The third-order valence-electron chi connectivity index (χ3n) is 6.29. The molecule has 3 heteroatoms. The van der Waals surface area contributed by atoms with Crippen molar-refractivity contribution >= 4 is 0 Å². The fourth-order valence-corrected chi connectivity index (χ4v) is 5.65. The van der Waals surface area contributed by atoms with Crippen LogP contribution in [-0.2, 0) is 0 Å². The molecule has 4 rings (SSSR count). The van der Waals surface area contributed by atoms with Crippen LogP contribution in [-0.4, -0.2) is 74.6 Å². The average molecular weight is 263 g/mol. The Morgan fingerprint density at radius 1 is 0.684 bits per heavy atom. The lowest BCUT2D eigenvalue weighted by atomic mass is 10.0. The first kappa shape index (κ1) is 12.6. The maximum Gasteiger partial charge on any atom is 0.00258 e. The largest absolute Gasteiger partial charge is 0.306 e. The molecule has 1 saturated carbocycles. The molecule has 4 aliphatic rings. The number of likely N-dealkylation sites (tertiary alicyclic amines) is 3. The zero-order chi connectivity index (χ0) is 13.0. The van der Waals surface area contributed by atoms with Gasteiger partial charge in [0.2, 0.25) is 0 Å². The summed E-state index contributed by atoms with van der Waals surface area (Å²) in [5.74, 6) is 5.04. The van der Waals surface area contributed by atoms with Gasteiger partial charge in [0.05, 0.1) is 0 Å². The van der Waals surface area contributed by atoms with Crippen molar-refractivity contribution in [3.05, 3.63) is 0 Å². The Morgan fingerprint density at radius 2 is 1.16 bits per heavy atom. The van der Waals surface area contributed by atoms with E-state index in [2.05, 4.69) is 28.8 Å². The summed E-state index contributed by atoms with van der Waals surface area (Å²) in [6.45, 7) is 9.63. The molecule has 0 N–H and O–H groups in total. The lowest BCUT2D eigenvalue weighted by molar-refractivity contribution is 0.232. The summed E-state index contributed by atoms with van der Waals surface area (Å²) in [5.41, 5.74) is 0. The van der Waals surface area contributed by atoms with E-state index in [-0.39, 0.29) is 0 Å². The fourth-order valence-electron chi connectivity index (χ4n) is 5.65. The van der Waals surface area contributed by atoms with Crippen molar-refractivity contribution < 1.29 is 0 Å². The number of nitrogens with zero attached hydrogens (tertiary/aromatic N) is 3. The summed E-state index contributed by atoms with van der Waals surface area (Å²) in [5, 5.41) is 0. The topological polar surface area (TPSA) is 9.72 Å². The van der Waals surface area contributed by atoms with E-state index >= 15 is 0 Å². The Morgan fingerprint density at radius 3 is 1.68 bits per heavy atom. The molecule has 3 saturated heterocycles. The zero-order valence-electron chi connectivity index (χ0n) is 12.6. The fraction of sp³-hybridized carbons (Fsp3) is 1.00. The highest BCUT2D eigenvalue weighted by molar-refractivity contribution is 4.95. The minimum absolute atomic E-state index is 0.983. The van der Waals surface area contributed by atoms with E-state index in [4.69, 9.17) is 0 Å². The van der Waals surface area contributed by atoms with E-state index < -0.39 is 0 Å². The van der Waals surface area contributed by atoms with Gasteiger partial charge in [-0.05, 0) is 56.5 Å². The molecule has 0 amide bonds. The van der Waals surface area contributed by atoms with Crippen LogP contribution in [0.2, 0.25) is 0 Å². The quantitative estimate of drug-likeness (QED) is 0.738. The number of fused-ring (bicyclic) bond motifs is 2. The molecule has 3 heterocycles. The minimum atomic E-state index is 0.983. The van der Waals surface area contributed by atoms with Gasteiger partial charge in [-0.2, -0.15) is 0 Å². The van der Waals surface area contributed by atoms with Crippen molar-refractivity contribution in [2.75, 3.05) is 59.9 Å². The lowest BCUT2D eigenvalue weighted by Gasteiger charge is -2.23. The second kappa shape index (κ2) is 4.71. The van der Waals surface area contributed by atoms with E-state index in [9.17, 15) is 0 Å². The van der Waals surface area contributed by atoms with Crippen molar-refractivity contribution in [3.8, 4) is 0 Å². The highest BCUT2D eigenvalue weighted by Gasteiger charge is 2.43. The first-order valence-corrected chi connectivity index (χ1v) is 8.27. The molecule has 3 aliphatic heterocycles. The molecule has 1 aliphatic carbocycles. The summed E-state index contributed by atoms with van der Waals surface area (Å²) in [4.78, 5) is 7.88. The number of hydrogen-bond acceptors (Lipinski definition) is 3. The highest BCUT2D eigenvalue weighted by atomic mass is 15.2.